The zero-order chi connectivity index (χ0) is 22.2. The van der Waals surface area contributed by atoms with E-state index in [4.69, 9.17) is 4.74 Å². The van der Waals surface area contributed by atoms with E-state index in [1.54, 1.807) is 20.8 Å². The Bertz CT molecular complexity index is 671. The molecule has 0 aliphatic carbocycles. The fourth-order valence-electron chi connectivity index (χ4n) is 2.81. The lowest BCUT2D eigenvalue weighted by molar-refractivity contribution is -0.120. The molecular weight excluding hydrogens is 382 g/mol. The Labute approximate surface area is 171 Å². The van der Waals surface area contributed by atoms with Crippen molar-refractivity contribution in [2.75, 3.05) is 13.1 Å². The maximum Gasteiger partial charge on any atom is 0.410 e. The first-order chi connectivity index (χ1) is 13.4. The van der Waals surface area contributed by atoms with Crippen molar-refractivity contribution in [1.29, 1.82) is 0 Å². The predicted octanol–water partition coefficient (Wildman–Crippen LogP) is 3.41. The maximum atomic E-state index is 13.5. The van der Waals surface area contributed by atoms with Gasteiger partial charge in [-0.15, -0.1) is 0 Å². The van der Waals surface area contributed by atoms with Crippen molar-refractivity contribution < 1.29 is 28.2 Å². The van der Waals surface area contributed by atoms with Gasteiger partial charge in [-0.25, -0.2) is 13.6 Å². The number of halogens is 2. The summed E-state index contributed by atoms with van der Waals surface area (Å²) < 4.78 is 32.4. The number of nitrogens with one attached hydrogen (secondary N) is 1. The first-order valence-corrected chi connectivity index (χ1v) is 9.79. The molecule has 0 aromatic heterocycles. The molecule has 0 saturated carbocycles. The molecule has 29 heavy (non-hydrogen) atoms. The molecule has 0 heterocycles. The number of carbonyl (C=O) groups is 2. The molecule has 0 spiro atoms. The number of hydrogen-bond donors (Lipinski definition) is 2. The van der Waals surface area contributed by atoms with Crippen LogP contribution in [0.1, 0.15) is 53.0 Å². The molecule has 1 aromatic carbocycles. The second-order valence-corrected chi connectivity index (χ2v) is 8.14. The van der Waals surface area contributed by atoms with Gasteiger partial charge in [-0.1, -0.05) is 13.3 Å². The Balaban J connectivity index is 2.97. The average molecular weight is 414 g/mol. The third-order valence-corrected chi connectivity index (χ3v) is 4.07. The van der Waals surface area contributed by atoms with Gasteiger partial charge in [0.15, 0.2) is 0 Å². The van der Waals surface area contributed by atoms with Crippen LogP contribution in [0, 0.1) is 11.6 Å². The van der Waals surface area contributed by atoms with Gasteiger partial charge in [0.05, 0.1) is 18.7 Å². The number of unbranched alkanes of at least 4 members (excludes halogenated alkanes) is 1. The first kappa shape index (κ1) is 24.8. The molecule has 2 amide bonds. The van der Waals surface area contributed by atoms with Crippen LogP contribution in [0.2, 0.25) is 0 Å². The minimum Gasteiger partial charge on any atom is -0.444 e. The van der Waals surface area contributed by atoms with Crippen molar-refractivity contribution in [2.24, 2.45) is 0 Å². The van der Waals surface area contributed by atoms with Crippen LogP contribution in [0.4, 0.5) is 13.6 Å². The molecule has 0 aliphatic heterocycles. The summed E-state index contributed by atoms with van der Waals surface area (Å²) in [5.74, 6) is -1.88. The van der Waals surface area contributed by atoms with E-state index in [9.17, 15) is 23.5 Å². The quantitative estimate of drug-likeness (QED) is 0.649. The SMILES string of the molecule is CCCCN(C[C@@H](O)[C@H](Cc1cc(F)cc(F)c1)NC(C)=O)C(=O)OC(C)(C)C. The van der Waals surface area contributed by atoms with Gasteiger partial charge in [0.25, 0.3) is 0 Å². The molecule has 0 saturated heterocycles. The fourth-order valence-corrected chi connectivity index (χ4v) is 2.81. The van der Waals surface area contributed by atoms with Crippen LogP contribution in [-0.2, 0) is 16.0 Å². The maximum absolute atomic E-state index is 13.5. The van der Waals surface area contributed by atoms with Gasteiger partial charge in [0.1, 0.15) is 17.2 Å². The predicted molar refractivity (Wildman–Crippen MR) is 106 cm³/mol. The van der Waals surface area contributed by atoms with Crippen LogP contribution in [-0.4, -0.2) is 52.8 Å². The van der Waals surface area contributed by atoms with Gasteiger partial charge < -0.3 is 20.1 Å². The Hall–Kier alpha value is -2.22. The highest BCUT2D eigenvalue weighted by atomic mass is 19.1. The number of nitrogens with zero attached hydrogens (tertiary/aromatic N) is 1. The molecular formula is C21H32F2N2O4. The van der Waals surface area contributed by atoms with E-state index in [-0.39, 0.29) is 18.5 Å². The Morgan fingerprint density at radius 2 is 1.79 bits per heavy atom. The minimum absolute atomic E-state index is 0.00532. The molecule has 0 bridgehead atoms. The number of benzene rings is 1. The average Bonchev–Trinajstić information content (AvgIpc) is 2.54. The lowest BCUT2D eigenvalue weighted by Crippen LogP contribution is -2.51. The number of rotatable bonds is 9. The van der Waals surface area contributed by atoms with Crippen molar-refractivity contribution in [2.45, 2.75) is 71.6 Å². The largest absolute Gasteiger partial charge is 0.444 e. The summed E-state index contributed by atoms with van der Waals surface area (Å²) in [5.41, 5.74) is -0.402. The third-order valence-electron chi connectivity index (χ3n) is 4.07. The monoisotopic (exact) mass is 414 g/mol. The molecule has 0 fully saturated rings. The summed E-state index contributed by atoms with van der Waals surface area (Å²) >= 11 is 0. The first-order valence-electron chi connectivity index (χ1n) is 9.79. The van der Waals surface area contributed by atoms with Gasteiger partial charge in [-0.05, 0) is 51.3 Å². The van der Waals surface area contributed by atoms with E-state index < -0.39 is 41.4 Å². The van der Waals surface area contributed by atoms with Crippen LogP contribution in [0.3, 0.4) is 0 Å². The van der Waals surface area contributed by atoms with Crippen LogP contribution in [0.15, 0.2) is 18.2 Å². The highest BCUT2D eigenvalue weighted by molar-refractivity contribution is 5.73. The van der Waals surface area contributed by atoms with Gasteiger partial charge in [-0.2, -0.15) is 0 Å². The summed E-state index contributed by atoms with van der Waals surface area (Å²) in [7, 11) is 0. The van der Waals surface area contributed by atoms with Gasteiger partial charge >= 0.3 is 6.09 Å². The molecule has 1 rings (SSSR count). The molecule has 6 nitrogen and oxygen atoms in total. The summed E-state index contributed by atoms with van der Waals surface area (Å²) in [5, 5.41) is 13.3. The topological polar surface area (TPSA) is 78.9 Å². The number of aliphatic hydroxyl groups excluding tert-OH is 1. The molecule has 2 N–H and O–H groups in total. The third kappa shape index (κ3) is 9.69. The van der Waals surface area contributed by atoms with Crippen LogP contribution >= 0.6 is 0 Å². The van der Waals surface area contributed by atoms with Crippen molar-refractivity contribution in [3.05, 3.63) is 35.4 Å². The summed E-state index contributed by atoms with van der Waals surface area (Å²) in [6.45, 7) is 8.80. The summed E-state index contributed by atoms with van der Waals surface area (Å²) in [4.78, 5) is 25.5. The van der Waals surface area contributed by atoms with Gasteiger partial charge in [0.2, 0.25) is 5.91 Å². The normalized spacial score (nSPS) is 13.5. The van der Waals surface area contributed by atoms with E-state index in [2.05, 4.69) is 5.32 Å². The Kier molecular flexibility index (Phi) is 9.49. The van der Waals surface area contributed by atoms with E-state index in [0.29, 0.717) is 13.0 Å². The standard InChI is InChI=1S/C21H32F2N2O4/c1-6-7-8-25(20(28)29-21(3,4)5)13-19(27)18(24-14(2)26)11-15-9-16(22)12-17(23)10-15/h9-10,12,18-19,27H,6-8,11,13H2,1-5H3,(H,24,26)/t18-,19+/m0/s1. The molecule has 8 heteroatoms. The highest BCUT2D eigenvalue weighted by Crippen LogP contribution is 2.15. The van der Waals surface area contributed by atoms with Crippen molar-refractivity contribution in [3.8, 4) is 0 Å². The lowest BCUT2D eigenvalue weighted by Gasteiger charge is -2.31. The van der Waals surface area contributed by atoms with Crippen LogP contribution in [0.5, 0.6) is 0 Å². The number of ether oxygens (including phenoxy) is 1. The van der Waals surface area contributed by atoms with Gasteiger partial charge in [0, 0.05) is 19.5 Å². The Morgan fingerprint density at radius 3 is 2.28 bits per heavy atom. The van der Waals surface area contributed by atoms with E-state index in [1.165, 1.54) is 11.8 Å². The van der Waals surface area contributed by atoms with E-state index >= 15 is 0 Å². The van der Waals surface area contributed by atoms with E-state index in [1.807, 2.05) is 6.92 Å². The zero-order valence-electron chi connectivity index (χ0n) is 17.8. The fraction of sp³-hybridized carbons (Fsp3) is 0.619. The smallest absolute Gasteiger partial charge is 0.410 e. The molecule has 2 atom stereocenters. The summed E-state index contributed by atoms with van der Waals surface area (Å²) in [6.07, 6.45) is -0.164. The lowest BCUT2D eigenvalue weighted by atomic mass is 10.00. The van der Waals surface area contributed by atoms with Crippen molar-refractivity contribution in [1.82, 2.24) is 10.2 Å². The Morgan fingerprint density at radius 1 is 1.21 bits per heavy atom. The minimum atomic E-state index is -1.16. The number of amides is 2. The molecule has 0 aliphatic rings. The highest BCUT2D eigenvalue weighted by Gasteiger charge is 2.28. The van der Waals surface area contributed by atoms with E-state index in [0.717, 1.165) is 24.6 Å². The molecule has 0 radical (unpaired) electrons. The number of carbonyl (C=O) groups excluding carboxylic acids is 2. The van der Waals surface area contributed by atoms with Crippen LogP contribution < -0.4 is 5.32 Å². The van der Waals surface area contributed by atoms with Crippen molar-refractivity contribution in [3.63, 3.8) is 0 Å². The molecule has 164 valence electrons. The molecule has 0 unspecified atom stereocenters. The zero-order valence-corrected chi connectivity index (χ0v) is 17.8. The van der Waals surface area contributed by atoms with Crippen LogP contribution in [0.25, 0.3) is 0 Å². The number of hydrogen-bond acceptors (Lipinski definition) is 4. The van der Waals surface area contributed by atoms with Gasteiger partial charge in [-0.3, -0.25) is 4.79 Å². The molecule has 1 aromatic rings. The van der Waals surface area contributed by atoms with Crippen molar-refractivity contribution >= 4 is 12.0 Å². The second kappa shape index (κ2) is 11.1. The second-order valence-electron chi connectivity index (χ2n) is 8.14. The number of aliphatic hydroxyl groups is 1. The summed E-state index contributed by atoms with van der Waals surface area (Å²) in [6, 6.07) is 2.21.